The molecule has 3 N–H and O–H groups in total. The van der Waals surface area contributed by atoms with Gasteiger partial charge in [0.15, 0.2) is 6.29 Å². The Labute approximate surface area is 85.7 Å². The Bertz CT molecular complexity index is 483. The summed E-state index contributed by atoms with van der Waals surface area (Å²) in [7, 11) is 0. The first-order valence-electron chi connectivity index (χ1n) is 4.41. The fraction of sp³-hybridized carbons (Fsp3) is 0.100. The van der Waals surface area contributed by atoms with Gasteiger partial charge in [-0.05, 0) is 6.08 Å². The number of hydrogen-bond acceptors (Lipinski definition) is 4. The second-order valence-electron chi connectivity index (χ2n) is 3.14. The average molecular weight is 203 g/mol. The van der Waals surface area contributed by atoms with E-state index in [0.717, 1.165) is 0 Å². The first-order chi connectivity index (χ1) is 7.22. The molecule has 1 heterocycles. The van der Waals surface area contributed by atoms with Crippen LogP contribution in [0.3, 0.4) is 0 Å². The van der Waals surface area contributed by atoms with Crippen LogP contribution in [0.2, 0.25) is 0 Å². The lowest BCUT2D eigenvalue weighted by atomic mass is 10.0. The van der Waals surface area contributed by atoms with E-state index in [4.69, 9.17) is 5.41 Å². The number of imidazole rings is 1. The van der Waals surface area contributed by atoms with E-state index >= 15 is 0 Å². The van der Waals surface area contributed by atoms with E-state index in [9.17, 15) is 9.90 Å². The monoisotopic (exact) mass is 203 g/mol. The number of aldehydes is 1. The first-order valence-corrected chi connectivity index (χ1v) is 4.41. The normalized spacial score (nSPS) is 15.9. The van der Waals surface area contributed by atoms with Crippen LogP contribution in [0.4, 0.5) is 0 Å². The Morgan fingerprint density at radius 1 is 1.60 bits per heavy atom. The van der Waals surface area contributed by atoms with E-state index in [1.165, 1.54) is 12.3 Å². The number of carbonyl (C=O) groups excluding carboxylic acids is 1. The highest BCUT2D eigenvalue weighted by Crippen LogP contribution is 2.22. The summed E-state index contributed by atoms with van der Waals surface area (Å²) >= 11 is 0. The summed E-state index contributed by atoms with van der Waals surface area (Å²) in [6.45, 7) is 0. The number of aliphatic hydroxyl groups excluding tert-OH is 1. The zero-order valence-corrected chi connectivity index (χ0v) is 7.82. The van der Waals surface area contributed by atoms with E-state index in [1.807, 2.05) is 0 Å². The third-order valence-corrected chi connectivity index (χ3v) is 2.11. The van der Waals surface area contributed by atoms with E-state index < -0.39 is 0 Å². The number of H-pyrrole nitrogens is 1. The molecule has 0 saturated carbocycles. The summed E-state index contributed by atoms with van der Waals surface area (Å²) in [6, 6.07) is 0. The van der Waals surface area contributed by atoms with Gasteiger partial charge in [0.05, 0.1) is 5.57 Å². The standard InChI is InChI=1S/C10H9N3O2/c11-7-2-1-3-8(15)9(7)10-12-4-6(5-14)13-10/h1,3-5,11,15H,2H2,(H,12,13). The maximum absolute atomic E-state index is 10.4. The van der Waals surface area contributed by atoms with Crippen molar-refractivity contribution in [3.8, 4) is 0 Å². The van der Waals surface area contributed by atoms with Crippen molar-refractivity contribution in [2.75, 3.05) is 0 Å². The van der Waals surface area contributed by atoms with Crippen LogP contribution in [0.15, 0.2) is 24.1 Å². The predicted molar refractivity (Wildman–Crippen MR) is 55.0 cm³/mol. The van der Waals surface area contributed by atoms with Gasteiger partial charge >= 0.3 is 0 Å². The van der Waals surface area contributed by atoms with Gasteiger partial charge in [-0.25, -0.2) is 4.98 Å². The van der Waals surface area contributed by atoms with Gasteiger partial charge in [0, 0.05) is 18.3 Å². The van der Waals surface area contributed by atoms with Crippen LogP contribution < -0.4 is 0 Å². The molecule has 0 spiro atoms. The van der Waals surface area contributed by atoms with Crippen molar-refractivity contribution >= 4 is 17.6 Å². The lowest BCUT2D eigenvalue weighted by Crippen LogP contribution is -2.07. The average Bonchev–Trinajstić information content (AvgIpc) is 2.66. The van der Waals surface area contributed by atoms with Crippen molar-refractivity contribution < 1.29 is 9.90 Å². The molecular weight excluding hydrogens is 194 g/mol. The summed E-state index contributed by atoms with van der Waals surface area (Å²) in [5.74, 6) is 0.349. The van der Waals surface area contributed by atoms with Crippen LogP contribution in [0.5, 0.6) is 0 Å². The number of rotatable bonds is 2. The molecule has 0 amide bonds. The van der Waals surface area contributed by atoms with Gasteiger partial charge in [0.25, 0.3) is 0 Å². The Hall–Kier alpha value is -2.17. The molecule has 0 saturated heterocycles. The Balaban J connectivity index is 2.48. The van der Waals surface area contributed by atoms with Crippen molar-refractivity contribution in [2.24, 2.45) is 0 Å². The number of carbonyl (C=O) groups is 1. The van der Waals surface area contributed by atoms with Crippen molar-refractivity contribution in [3.05, 3.63) is 35.6 Å². The highest BCUT2D eigenvalue weighted by Gasteiger charge is 2.18. The molecule has 1 aromatic heterocycles. The molecule has 76 valence electrons. The van der Waals surface area contributed by atoms with Crippen LogP contribution in [0.1, 0.15) is 22.7 Å². The Morgan fingerprint density at radius 3 is 3.00 bits per heavy atom. The molecule has 2 rings (SSSR count). The molecule has 0 bridgehead atoms. The van der Waals surface area contributed by atoms with Gasteiger partial charge in [-0.1, -0.05) is 6.08 Å². The topological polar surface area (TPSA) is 89.8 Å². The molecule has 0 atom stereocenters. The van der Waals surface area contributed by atoms with E-state index in [0.29, 0.717) is 24.1 Å². The van der Waals surface area contributed by atoms with Crippen molar-refractivity contribution in [3.63, 3.8) is 0 Å². The molecule has 5 nitrogen and oxygen atoms in total. The van der Waals surface area contributed by atoms with Crippen molar-refractivity contribution in [2.45, 2.75) is 6.42 Å². The summed E-state index contributed by atoms with van der Waals surface area (Å²) in [5, 5.41) is 17.2. The van der Waals surface area contributed by atoms with Crippen molar-refractivity contribution in [1.29, 1.82) is 5.41 Å². The van der Waals surface area contributed by atoms with Crippen LogP contribution in [-0.2, 0) is 0 Å². The minimum atomic E-state index is -0.00181. The molecule has 0 aromatic carbocycles. The quantitative estimate of drug-likeness (QED) is 0.636. The molecule has 5 heteroatoms. The molecule has 1 aliphatic carbocycles. The van der Waals surface area contributed by atoms with Crippen LogP contribution >= 0.6 is 0 Å². The highest BCUT2D eigenvalue weighted by molar-refractivity contribution is 6.23. The molecule has 0 aliphatic heterocycles. The fourth-order valence-corrected chi connectivity index (χ4v) is 1.42. The predicted octanol–water partition coefficient (Wildman–Crippen LogP) is 1.47. The molecular formula is C10H9N3O2. The third-order valence-electron chi connectivity index (χ3n) is 2.11. The molecule has 1 aromatic rings. The lowest BCUT2D eigenvalue weighted by Gasteiger charge is -2.10. The zero-order valence-electron chi connectivity index (χ0n) is 7.82. The van der Waals surface area contributed by atoms with Gasteiger partial charge in [-0.2, -0.15) is 0 Å². The van der Waals surface area contributed by atoms with Gasteiger partial charge in [0.1, 0.15) is 17.3 Å². The van der Waals surface area contributed by atoms with Crippen LogP contribution in [-0.4, -0.2) is 27.1 Å². The van der Waals surface area contributed by atoms with E-state index in [-0.39, 0.29) is 17.2 Å². The summed E-state index contributed by atoms with van der Waals surface area (Å²) in [6.07, 6.45) is 5.73. The number of aliphatic hydroxyl groups is 1. The number of nitrogens with zero attached hydrogens (tertiary/aromatic N) is 1. The van der Waals surface area contributed by atoms with Crippen LogP contribution in [0.25, 0.3) is 5.57 Å². The summed E-state index contributed by atoms with van der Waals surface area (Å²) in [5.41, 5.74) is 0.889. The van der Waals surface area contributed by atoms with E-state index in [1.54, 1.807) is 6.08 Å². The van der Waals surface area contributed by atoms with Gasteiger partial charge < -0.3 is 15.5 Å². The molecule has 0 radical (unpaired) electrons. The third kappa shape index (κ3) is 1.59. The summed E-state index contributed by atoms with van der Waals surface area (Å²) in [4.78, 5) is 17.1. The largest absolute Gasteiger partial charge is 0.507 e. The molecule has 0 fully saturated rings. The number of allylic oxidation sites excluding steroid dienone is 3. The second-order valence-corrected chi connectivity index (χ2v) is 3.14. The van der Waals surface area contributed by atoms with Gasteiger partial charge in [-0.3, -0.25) is 4.79 Å². The number of aromatic amines is 1. The lowest BCUT2D eigenvalue weighted by molar-refractivity contribution is 0.111. The SMILES string of the molecule is N=C1CC=CC(O)=C1c1nc(C=O)c[nH]1. The molecule has 0 unspecified atom stereocenters. The van der Waals surface area contributed by atoms with Crippen LogP contribution in [0, 0.1) is 5.41 Å². The van der Waals surface area contributed by atoms with E-state index in [2.05, 4.69) is 9.97 Å². The summed E-state index contributed by atoms with van der Waals surface area (Å²) < 4.78 is 0. The zero-order chi connectivity index (χ0) is 10.8. The fourth-order valence-electron chi connectivity index (χ4n) is 1.42. The second kappa shape index (κ2) is 3.53. The number of aromatic nitrogens is 2. The highest BCUT2D eigenvalue weighted by atomic mass is 16.3. The minimum absolute atomic E-state index is 0.00181. The number of hydrogen-bond donors (Lipinski definition) is 3. The maximum Gasteiger partial charge on any atom is 0.170 e. The molecule has 15 heavy (non-hydrogen) atoms. The van der Waals surface area contributed by atoms with Gasteiger partial charge in [0.2, 0.25) is 0 Å². The molecule has 1 aliphatic rings. The Morgan fingerprint density at radius 2 is 2.40 bits per heavy atom. The first kappa shape index (κ1) is 9.39. The number of nitrogens with one attached hydrogen (secondary N) is 2. The minimum Gasteiger partial charge on any atom is -0.507 e. The Kier molecular flexibility index (Phi) is 2.21. The van der Waals surface area contributed by atoms with Gasteiger partial charge in [-0.15, -0.1) is 0 Å². The smallest absolute Gasteiger partial charge is 0.170 e. The van der Waals surface area contributed by atoms with Crippen molar-refractivity contribution in [1.82, 2.24) is 9.97 Å². The maximum atomic E-state index is 10.4.